The fourth-order valence-corrected chi connectivity index (χ4v) is 2.14. The summed E-state index contributed by atoms with van der Waals surface area (Å²) in [6.07, 6.45) is 0. The van der Waals surface area contributed by atoms with Gasteiger partial charge in [-0.15, -0.1) is 0 Å². The maximum Gasteiger partial charge on any atom is 0.127 e. The molecule has 0 fully saturated rings. The molecule has 3 nitrogen and oxygen atoms in total. The van der Waals surface area contributed by atoms with E-state index in [1.54, 1.807) is 6.07 Å². The number of nitrogens with zero attached hydrogens (tertiary/aromatic N) is 1. The molecule has 0 unspecified atom stereocenters. The van der Waals surface area contributed by atoms with Crippen LogP contribution < -0.4 is 10.1 Å². The van der Waals surface area contributed by atoms with Crippen molar-refractivity contribution in [3.63, 3.8) is 0 Å². The Balaban J connectivity index is 2.16. The lowest BCUT2D eigenvalue weighted by atomic mass is 10.1. The number of hydrogen-bond donors (Lipinski definition) is 1. The van der Waals surface area contributed by atoms with Crippen molar-refractivity contribution in [2.45, 2.75) is 20.1 Å². The molecule has 0 heterocycles. The molecule has 0 saturated carbocycles. The number of para-hydroxylation sites is 1. The van der Waals surface area contributed by atoms with Crippen LogP contribution in [0, 0.1) is 18.3 Å². The van der Waals surface area contributed by atoms with Crippen LogP contribution in [0.2, 0.25) is 0 Å². The summed E-state index contributed by atoms with van der Waals surface area (Å²) in [6.45, 7) is 3.28. The molecule has 3 heteroatoms. The molecule has 0 atom stereocenters. The number of hydrogen-bond acceptors (Lipinski definition) is 3. The van der Waals surface area contributed by atoms with Crippen molar-refractivity contribution < 1.29 is 4.74 Å². The van der Waals surface area contributed by atoms with Gasteiger partial charge in [-0.05, 0) is 37.2 Å². The third-order valence-electron chi connectivity index (χ3n) is 3.10. The lowest BCUT2D eigenvalue weighted by molar-refractivity contribution is 0.300. The molecule has 1 N–H and O–H groups in total. The maximum atomic E-state index is 8.91. The SMILES string of the molecule is CNCc1cccc(C)c1OCc1cccc(C#N)c1. The first-order valence-electron chi connectivity index (χ1n) is 6.59. The number of rotatable bonds is 5. The first-order valence-corrected chi connectivity index (χ1v) is 6.59. The molecule has 0 aliphatic heterocycles. The zero-order chi connectivity index (χ0) is 14.4. The molecule has 20 heavy (non-hydrogen) atoms. The van der Waals surface area contributed by atoms with Gasteiger partial charge in [-0.3, -0.25) is 0 Å². The molecule has 2 aromatic carbocycles. The maximum absolute atomic E-state index is 8.91. The molecule has 0 aliphatic carbocycles. The van der Waals surface area contributed by atoms with E-state index in [0.29, 0.717) is 12.2 Å². The Morgan fingerprint density at radius 1 is 1.20 bits per heavy atom. The van der Waals surface area contributed by atoms with Crippen LogP contribution >= 0.6 is 0 Å². The fourth-order valence-electron chi connectivity index (χ4n) is 2.14. The predicted octanol–water partition coefficient (Wildman–Crippen LogP) is 3.17. The van der Waals surface area contributed by atoms with E-state index >= 15 is 0 Å². The minimum atomic E-state index is 0.469. The van der Waals surface area contributed by atoms with Crippen LogP contribution in [0.25, 0.3) is 0 Å². The van der Waals surface area contributed by atoms with Crippen molar-refractivity contribution in [2.24, 2.45) is 0 Å². The van der Waals surface area contributed by atoms with Crippen molar-refractivity contribution >= 4 is 0 Å². The Hall–Kier alpha value is -2.31. The van der Waals surface area contributed by atoms with E-state index in [4.69, 9.17) is 10.00 Å². The molecule has 0 radical (unpaired) electrons. The Kier molecular flexibility index (Phi) is 4.75. The van der Waals surface area contributed by atoms with Gasteiger partial charge in [0.25, 0.3) is 0 Å². The van der Waals surface area contributed by atoms with E-state index in [2.05, 4.69) is 17.5 Å². The molecule has 2 rings (SSSR count). The van der Waals surface area contributed by atoms with Gasteiger partial charge in [-0.1, -0.05) is 30.3 Å². The van der Waals surface area contributed by atoms with Gasteiger partial charge in [0, 0.05) is 12.1 Å². The van der Waals surface area contributed by atoms with Gasteiger partial charge in [-0.2, -0.15) is 5.26 Å². The van der Waals surface area contributed by atoms with Crippen molar-refractivity contribution in [1.29, 1.82) is 5.26 Å². The van der Waals surface area contributed by atoms with Crippen LogP contribution in [-0.4, -0.2) is 7.05 Å². The third kappa shape index (κ3) is 3.37. The van der Waals surface area contributed by atoms with Gasteiger partial charge < -0.3 is 10.1 Å². The van der Waals surface area contributed by atoms with Gasteiger partial charge in [0.2, 0.25) is 0 Å². The Labute approximate surface area is 119 Å². The highest BCUT2D eigenvalue weighted by molar-refractivity contribution is 5.41. The Morgan fingerprint density at radius 2 is 2.00 bits per heavy atom. The van der Waals surface area contributed by atoms with Crippen molar-refractivity contribution in [1.82, 2.24) is 5.32 Å². The Bertz CT molecular complexity index is 629. The van der Waals surface area contributed by atoms with Crippen molar-refractivity contribution in [3.05, 3.63) is 64.7 Å². The van der Waals surface area contributed by atoms with Crippen LogP contribution in [-0.2, 0) is 13.2 Å². The number of aryl methyl sites for hydroxylation is 1. The van der Waals surface area contributed by atoms with Gasteiger partial charge in [0.15, 0.2) is 0 Å². The fraction of sp³-hybridized carbons (Fsp3) is 0.235. The largest absolute Gasteiger partial charge is 0.488 e. The molecular weight excluding hydrogens is 248 g/mol. The number of ether oxygens (including phenoxy) is 1. The summed E-state index contributed by atoms with van der Waals surface area (Å²) in [7, 11) is 1.92. The molecule has 0 aromatic heterocycles. The van der Waals surface area contributed by atoms with Crippen molar-refractivity contribution in [3.8, 4) is 11.8 Å². The van der Waals surface area contributed by atoms with Crippen LogP contribution in [0.5, 0.6) is 5.75 Å². The molecule has 0 spiro atoms. The average Bonchev–Trinajstić information content (AvgIpc) is 2.47. The summed E-state index contributed by atoms with van der Waals surface area (Å²) in [5.41, 5.74) is 3.92. The lowest BCUT2D eigenvalue weighted by Crippen LogP contribution is -2.08. The zero-order valence-corrected chi connectivity index (χ0v) is 11.8. The van der Waals surface area contributed by atoms with Gasteiger partial charge in [0.1, 0.15) is 12.4 Å². The lowest BCUT2D eigenvalue weighted by Gasteiger charge is -2.14. The van der Waals surface area contributed by atoms with E-state index in [0.717, 1.165) is 29.0 Å². The second kappa shape index (κ2) is 6.74. The van der Waals surface area contributed by atoms with Gasteiger partial charge >= 0.3 is 0 Å². The van der Waals surface area contributed by atoms with E-state index < -0.39 is 0 Å². The number of nitriles is 1. The van der Waals surface area contributed by atoms with E-state index in [1.807, 2.05) is 44.3 Å². The zero-order valence-electron chi connectivity index (χ0n) is 11.8. The van der Waals surface area contributed by atoms with E-state index in [1.165, 1.54) is 0 Å². The Morgan fingerprint density at radius 3 is 2.75 bits per heavy atom. The molecule has 0 saturated heterocycles. The van der Waals surface area contributed by atoms with E-state index in [-0.39, 0.29) is 0 Å². The van der Waals surface area contributed by atoms with Crippen LogP contribution in [0.1, 0.15) is 22.3 Å². The highest BCUT2D eigenvalue weighted by atomic mass is 16.5. The normalized spacial score (nSPS) is 10.1. The summed E-state index contributed by atoms with van der Waals surface area (Å²) < 4.78 is 5.96. The smallest absolute Gasteiger partial charge is 0.127 e. The highest BCUT2D eigenvalue weighted by Gasteiger charge is 2.06. The molecular formula is C17H18N2O. The summed E-state index contributed by atoms with van der Waals surface area (Å²) >= 11 is 0. The quantitative estimate of drug-likeness (QED) is 0.904. The third-order valence-corrected chi connectivity index (χ3v) is 3.10. The number of benzene rings is 2. The molecule has 0 bridgehead atoms. The van der Waals surface area contributed by atoms with Gasteiger partial charge in [0.05, 0.1) is 11.6 Å². The monoisotopic (exact) mass is 266 g/mol. The van der Waals surface area contributed by atoms with Crippen LogP contribution in [0.4, 0.5) is 0 Å². The molecule has 0 aliphatic rings. The second-order valence-electron chi connectivity index (χ2n) is 4.69. The minimum absolute atomic E-state index is 0.469. The second-order valence-corrected chi connectivity index (χ2v) is 4.69. The van der Waals surface area contributed by atoms with Gasteiger partial charge in [-0.25, -0.2) is 0 Å². The first kappa shape index (κ1) is 14.1. The molecule has 102 valence electrons. The topological polar surface area (TPSA) is 45.0 Å². The standard InChI is InChI=1S/C17H18N2O/c1-13-5-3-8-16(11-19-2)17(13)20-12-15-7-4-6-14(9-15)10-18/h3-9,19H,11-12H2,1-2H3. The van der Waals surface area contributed by atoms with Crippen LogP contribution in [0.3, 0.4) is 0 Å². The number of nitrogens with one attached hydrogen (secondary N) is 1. The van der Waals surface area contributed by atoms with E-state index in [9.17, 15) is 0 Å². The molecule has 0 amide bonds. The average molecular weight is 266 g/mol. The van der Waals surface area contributed by atoms with Crippen molar-refractivity contribution in [2.75, 3.05) is 7.05 Å². The summed E-state index contributed by atoms with van der Waals surface area (Å²) in [6, 6.07) is 15.8. The predicted molar refractivity (Wildman–Crippen MR) is 79.4 cm³/mol. The summed E-state index contributed by atoms with van der Waals surface area (Å²) in [5.74, 6) is 0.921. The summed E-state index contributed by atoms with van der Waals surface area (Å²) in [4.78, 5) is 0. The van der Waals surface area contributed by atoms with Crippen LogP contribution in [0.15, 0.2) is 42.5 Å². The first-order chi connectivity index (χ1) is 9.74. The highest BCUT2D eigenvalue weighted by Crippen LogP contribution is 2.24. The molecule has 2 aromatic rings. The minimum Gasteiger partial charge on any atom is -0.488 e. The summed E-state index contributed by atoms with van der Waals surface area (Å²) in [5, 5.41) is 12.1.